The smallest absolute Gasteiger partial charge is 0.144 e. The standard InChI is InChI=1S/C10H10Cl2N4/c11-8-6-9(12)10(14-7-8)13-3-5-16-4-1-2-15-16/h1-2,4,6-7H,3,5H2,(H,13,14). The first-order valence-corrected chi connectivity index (χ1v) is 5.53. The molecule has 0 saturated carbocycles. The third kappa shape index (κ3) is 2.87. The maximum Gasteiger partial charge on any atom is 0.144 e. The maximum absolute atomic E-state index is 5.96. The topological polar surface area (TPSA) is 42.7 Å². The van der Waals surface area contributed by atoms with Crippen molar-refractivity contribution in [3.63, 3.8) is 0 Å². The van der Waals surface area contributed by atoms with Crippen LogP contribution in [0.1, 0.15) is 0 Å². The molecule has 0 fully saturated rings. The van der Waals surface area contributed by atoms with E-state index in [-0.39, 0.29) is 0 Å². The van der Waals surface area contributed by atoms with Gasteiger partial charge in [0.05, 0.1) is 16.6 Å². The molecule has 0 bridgehead atoms. The van der Waals surface area contributed by atoms with E-state index in [0.29, 0.717) is 22.4 Å². The van der Waals surface area contributed by atoms with E-state index in [0.717, 1.165) is 6.54 Å². The minimum Gasteiger partial charge on any atom is -0.367 e. The third-order valence-electron chi connectivity index (χ3n) is 2.00. The second-order valence-corrected chi connectivity index (χ2v) is 4.02. The van der Waals surface area contributed by atoms with Crippen molar-refractivity contribution in [1.29, 1.82) is 0 Å². The molecule has 4 nitrogen and oxygen atoms in total. The highest BCUT2D eigenvalue weighted by Crippen LogP contribution is 2.22. The van der Waals surface area contributed by atoms with Crippen LogP contribution in [0.2, 0.25) is 10.0 Å². The van der Waals surface area contributed by atoms with Gasteiger partial charge in [0.1, 0.15) is 5.82 Å². The molecule has 0 atom stereocenters. The van der Waals surface area contributed by atoms with Gasteiger partial charge in [-0.2, -0.15) is 5.10 Å². The van der Waals surface area contributed by atoms with Gasteiger partial charge in [0, 0.05) is 25.1 Å². The van der Waals surface area contributed by atoms with Crippen LogP contribution in [0.25, 0.3) is 0 Å². The third-order valence-corrected chi connectivity index (χ3v) is 2.50. The number of anilines is 1. The predicted octanol–water partition coefficient (Wildman–Crippen LogP) is 2.70. The van der Waals surface area contributed by atoms with Gasteiger partial charge in [-0.15, -0.1) is 0 Å². The van der Waals surface area contributed by atoms with Gasteiger partial charge in [0.25, 0.3) is 0 Å². The summed E-state index contributed by atoms with van der Waals surface area (Å²) >= 11 is 11.7. The van der Waals surface area contributed by atoms with Crippen LogP contribution in [0, 0.1) is 0 Å². The number of hydrogen-bond donors (Lipinski definition) is 1. The number of nitrogens with one attached hydrogen (secondary N) is 1. The Balaban J connectivity index is 1.90. The largest absolute Gasteiger partial charge is 0.367 e. The maximum atomic E-state index is 5.96. The van der Waals surface area contributed by atoms with Crippen LogP contribution in [0.15, 0.2) is 30.7 Å². The van der Waals surface area contributed by atoms with Crippen molar-refractivity contribution in [2.45, 2.75) is 6.54 Å². The summed E-state index contributed by atoms with van der Waals surface area (Å²) in [6.45, 7) is 1.46. The van der Waals surface area contributed by atoms with Crippen molar-refractivity contribution in [3.8, 4) is 0 Å². The van der Waals surface area contributed by atoms with Crippen LogP contribution in [0.3, 0.4) is 0 Å². The average molecular weight is 257 g/mol. The molecule has 0 aromatic carbocycles. The summed E-state index contributed by atoms with van der Waals surface area (Å²) in [7, 11) is 0. The molecule has 2 heterocycles. The van der Waals surface area contributed by atoms with E-state index in [1.54, 1.807) is 18.5 Å². The fraction of sp³-hybridized carbons (Fsp3) is 0.200. The second kappa shape index (κ2) is 5.18. The molecule has 0 aliphatic carbocycles. The molecule has 0 unspecified atom stereocenters. The van der Waals surface area contributed by atoms with Gasteiger partial charge in [0.2, 0.25) is 0 Å². The summed E-state index contributed by atoms with van der Waals surface area (Å²) in [6, 6.07) is 3.54. The van der Waals surface area contributed by atoms with Crippen molar-refractivity contribution < 1.29 is 0 Å². The Kier molecular flexibility index (Phi) is 3.64. The van der Waals surface area contributed by atoms with Crippen LogP contribution in [0.4, 0.5) is 5.82 Å². The van der Waals surface area contributed by atoms with Crippen LogP contribution in [-0.4, -0.2) is 21.3 Å². The quantitative estimate of drug-likeness (QED) is 0.915. The zero-order chi connectivity index (χ0) is 11.4. The Morgan fingerprint density at radius 3 is 2.94 bits per heavy atom. The Morgan fingerprint density at radius 2 is 2.25 bits per heavy atom. The van der Waals surface area contributed by atoms with Crippen molar-refractivity contribution in [2.75, 3.05) is 11.9 Å². The molecule has 6 heteroatoms. The van der Waals surface area contributed by atoms with E-state index < -0.39 is 0 Å². The number of hydrogen-bond acceptors (Lipinski definition) is 3. The molecule has 84 valence electrons. The summed E-state index contributed by atoms with van der Waals surface area (Å²) in [5.41, 5.74) is 0. The fourth-order valence-corrected chi connectivity index (χ4v) is 1.71. The molecule has 0 saturated heterocycles. The van der Waals surface area contributed by atoms with Crippen LogP contribution in [0.5, 0.6) is 0 Å². The lowest BCUT2D eigenvalue weighted by molar-refractivity contribution is 0.637. The number of halogens is 2. The van der Waals surface area contributed by atoms with Gasteiger partial charge in [-0.1, -0.05) is 23.2 Å². The molecule has 2 rings (SSSR count). The lowest BCUT2D eigenvalue weighted by Gasteiger charge is -2.07. The first-order valence-electron chi connectivity index (χ1n) is 4.78. The van der Waals surface area contributed by atoms with E-state index in [1.165, 1.54) is 0 Å². The van der Waals surface area contributed by atoms with E-state index in [1.807, 2.05) is 16.9 Å². The van der Waals surface area contributed by atoms with E-state index in [9.17, 15) is 0 Å². The number of rotatable bonds is 4. The highest BCUT2D eigenvalue weighted by atomic mass is 35.5. The summed E-state index contributed by atoms with van der Waals surface area (Å²) in [5.74, 6) is 0.637. The summed E-state index contributed by atoms with van der Waals surface area (Å²) in [6.07, 6.45) is 5.20. The minimum absolute atomic E-state index is 0.521. The van der Waals surface area contributed by atoms with Crippen molar-refractivity contribution in [1.82, 2.24) is 14.8 Å². The second-order valence-electron chi connectivity index (χ2n) is 3.18. The van der Waals surface area contributed by atoms with E-state index in [4.69, 9.17) is 23.2 Å². The Hall–Kier alpha value is -1.26. The molecular weight excluding hydrogens is 247 g/mol. The molecule has 0 aliphatic heterocycles. The number of aromatic nitrogens is 3. The molecule has 0 radical (unpaired) electrons. The monoisotopic (exact) mass is 256 g/mol. The molecule has 0 amide bonds. The summed E-state index contributed by atoms with van der Waals surface area (Å²) in [4.78, 5) is 4.09. The summed E-state index contributed by atoms with van der Waals surface area (Å²) < 4.78 is 1.83. The van der Waals surface area contributed by atoms with E-state index >= 15 is 0 Å². The van der Waals surface area contributed by atoms with Gasteiger partial charge in [-0.05, 0) is 12.1 Å². The Bertz CT molecular complexity index is 456. The fourth-order valence-electron chi connectivity index (χ4n) is 1.27. The van der Waals surface area contributed by atoms with Crippen LogP contribution in [-0.2, 0) is 6.54 Å². The highest BCUT2D eigenvalue weighted by Gasteiger charge is 2.01. The SMILES string of the molecule is Clc1cnc(NCCn2cccn2)c(Cl)c1. The first kappa shape index (κ1) is 11.2. The Labute approximate surface area is 103 Å². The van der Waals surface area contributed by atoms with Crippen LogP contribution < -0.4 is 5.32 Å². The number of nitrogens with zero attached hydrogens (tertiary/aromatic N) is 3. The van der Waals surface area contributed by atoms with Crippen LogP contribution >= 0.6 is 23.2 Å². The zero-order valence-electron chi connectivity index (χ0n) is 8.40. The van der Waals surface area contributed by atoms with Crippen molar-refractivity contribution in [2.24, 2.45) is 0 Å². The molecule has 2 aromatic heterocycles. The summed E-state index contributed by atoms with van der Waals surface area (Å²) in [5, 5.41) is 8.25. The lowest BCUT2D eigenvalue weighted by Crippen LogP contribution is -2.11. The number of pyridine rings is 1. The van der Waals surface area contributed by atoms with Gasteiger partial charge < -0.3 is 5.32 Å². The molecular formula is C10H10Cl2N4. The lowest BCUT2D eigenvalue weighted by atomic mass is 10.4. The van der Waals surface area contributed by atoms with Gasteiger partial charge >= 0.3 is 0 Å². The normalized spacial score (nSPS) is 10.4. The van der Waals surface area contributed by atoms with Gasteiger partial charge in [-0.3, -0.25) is 4.68 Å². The zero-order valence-corrected chi connectivity index (χ0v) is 9.91. The van der Waals surface area contributed by atoms with Crippen molar-refractivity contribution >= 4 is 29.0 Å². The van der Waals surface area contributed by atoms with Gasteiger partial charge in [-0.25, -0.2) is 4.98 Å². The van der Waals surface area contributed by atoms with Crippen molar-refractivity contribution in [3.05, 3.63) is 40.8 Å². The van der Waals surface area contributed by atoms with Gasteiger partial charge in [0.15, 0.2) is 0 Å². The molecule has 16 heavy (non-hydrogen) atoms. The average Bonchev–Trinajstić information content (AvgIpc) is 2.74. The molecule has 2 aromatic rings. The first-order chi connectivity index (χ1) is 7.75. The minimum atomic E-state index is 0.521. The molecule has 1 N–H and O–H groups in total. The Morgan fingerprint density at radius 1 is 1.38 bits per heavy atom. The van der Waals surface area contributed by atoms with E-state index in [2.05, 4.69) is 15.4 Å². The predicted molar refractivity (Wildman–Crippen MR) is 65.0 cm³/mol. The highest BCUT2D eigenvalue weighted by molar-refractivity contribution is 6.35. The molecule has 0 aliphatic rings. The molecule has 0 spiro atoms.